The highest BCUT2D eigenvalue weighted by atomic mass is 35.5. The van der Waals surface area contributed by atoms with Crippen LogP contribution in [-0.4, -0.2) is 11.5 Å². The van der Waals surface area contributed by atoms with Gasteiger partial charge in [0, 0.05) is 5.02 Å². The lowest BCUT2D eigenvalue weighted by Gasteiger charge is -2.36. The zero-order chi connectivity index (χ0) is 12.5. The molecule has 94 valence electrons. The first-order chi connectivity index (χ1) is 7.97. The number of hydrogen-bond acceptors (Lipinski definition) is 2. The predicted molar refractivity (Wildman–Crippen MR) is 82.1 cm³/mol. The Bertz CT molecular complexity index is 359. The Hall–Kier alpha value is 0.210. The van der Waals surface area contributed by atoms with Crippen molar-refractivity contribution in [1.82, 2.24) is 0 Å². The highest BCUT2D eigenvalue weighted by Crippen LogP contribution is 2.49. The van der Waals surface area contributed by atoms with Gasteiger partial charge in [0.05, 0.1) is 4.58 Å². The van der Waals surface area contributed by atoms with Gasteiger partial charge in [0.25, 0.3) is 0 Å². The first-order valence-electron chi connectivity index (χ1n) is 5.95. The highest BCUT2D eigenvalue weighted by Gasteiger charge is 2.30. The van der Waals surface area contributed by atoms with E-state index >= 15 is 0 Å². The van der Waals surface area contributed by atoms with Gasteiger partial charge < -0.3 is 0 Å². The van der Waals surface area contributed by atoms with E-state index in [1.807, 2.05) is 12.1 Å². The number of hydrogen-bond donors (Lipinski definition) is 0. The average molecular weight is 287 g/mol. The second-order valence-electron chi connectivity index (χ2n) is 5.61. The molecule has 0 radical (unpaired) electrons. The minimum atomic E-state index is 0.435. The van der Waals surface area contributed by atoms with Crippen molar-refractivity contribution in [2.24, 2.45) is 11.3 Å². The minimum Gasteiger partial charge on any atom is -0.142 e. The maximum atomic E-state index is 5.92. The van der Waals surface area contributed by atoms with Gasteiger partial charge >= 0.3 is 0 Å². The molecule has 1 fully saturated rings. The van der Waals surface area contributed by atoms with Crippen LogP contribution >= 0.6 is 35.1 Å². The molecule has 1 aromatic carbocycles. The Labute approximate surface area is 118 Å². The van der Waals surface area contributed by atoms with Crippen molar-refractivity contribution in [1.29, 1.82) is 0 Å². The van der Waals surface area contributed by atoms with E-state index in [1.165, 1.54) is 17.1 Å². The van der Waals surface area contributed by atoms with Gasteiger partial charge in [0.1, 0.15) is 0 Å². The summed E-state index contributed by atoms with van der Waals surface area (Å²) in [4.78, 5) is 0. The van der Waals surface area contributed by atoms with Crippen molar-refractivity contribution in [2.75, 3.05) is 11.5 Å². The van der Waals surface area contributed by atoms with Gasteiger partial charge in [0.2, 0.25) is 0 Å². The summed E-state index contributed by atoms with van der Waals surface area (Å²) in [5, 5.41) is 0.826. The molecule has 0 saturated carbocycles. The summed E-state index contributed by atoms with van der Waals surface area (Å²) in [6.07, 6.45) is 0. The first-order valence-corrected chi connectivity index (χ1v) is 8.43. The molecule has 0 atom stereocenters. The second-order valence-corrected chi connectivity index (χ2v) is 8.62. The van der Waals surface area contributed by atoms with Crippen LogP contribution in [0, 0.1) is 11.3 Å². The summed E-state index contributed by atoms with van der Waals surface area (Å²) < 4.78 is 0.589. The van der Waals surface area contributed by atoms with Crippen LogP contribution in [0.1, 0.15) is 30.9 Å². The van der Waals surface area contributed by atoms with E-state index in [9.17, 15) is 0 Å². The van der Waals surface area contributed by atoms with E-state index < -0.39 is 0 Å². The number of rotatable bonds is 1. The fraction of sp³-hybridized carbons (Fsp3) is 0.571. The molecule has 1 saturated heterocycles. The Morgan fingerprint density at radius 1 is 1.06 bits per heavy atom. The van der Waals surface area contributed by atoms with Gasteiger partial charge in [-0.15, -0.1) is 23.5 Å². The lowest BCUT2D eigenvalue weighted by Crippen LogP contribution is -2.27. The second kappa shape index (κ2) is 5.46. The van der Waals surface area contributed by atoms with Crippen LogP contribution in [0.2, 0.25) is 5.02 Å². The molecule has 1 heterocycles. The molecule has 0 spiro atoms. The van der Waals surface area contributed by atoms with Gasteiger partial charge in [-0.25, -0.2) is 0 Å². The normalized spacial score (nSPS) is 25.9. The molecule has 0 bridgehead atoms. The quantitative estimate of drug-likeness (QED) is 0.670. The van der Waals surface area contributed by atoms with Gasteiger partial charge in [-0.05, 0) is 40.5 Å². The zero-order valence-corrected chi connectivity index (χ0v) is 13.0. The fourth-order valence-electron chi connectivity index (χ4n) is 1.82. The summed E-state index contributed by atoms with van der Waals surface area (Å²) in [6, 6.07) is 8.30. The molecule has 1 aromatic rings. The largest absolute Gasteiger partial charge is 0.142 e. The lowest BCUT2D eigenvalue weighted by molar-refractivity contribution is 0.292. The molecule has 2 rings (SSSR count). The van der Waals surface area contributed by atoms with Crippen molar-refractivity contribution in [3.8, 4) is 0 Å². The molecule has 17 heavy (non-hydrogen) atoms. The summed E-state index contributed by atoms with van der Waals surface area (Å²) in [6.45, 7) is 7.05. The van der Waals surface area contributed by atoms with Crippen molar-refractivity contribution in [3.05, 3.63) is 34.9 Å². The molecule has 1 aliphatic heterocycles. The maximum Gasteiger partial charge on any atom is 0.0751 e. The molecule has 0 amide bonds. The van der Waals surface area contributed by atoms with Crippen LogP contribution in [0.15, 0.2) is 24.3 Å². The predicted octanol–water partition coefficient (Wildman–Crippen LogP) is 5.48. The Kier molecular flexibility index (Phi) is 4.38. The fourth-order valence-corrected chi connectivity index (χ4v) is 5.70. The molecule has 0 unspecified atom stereocenters. The van der Waals surface area contributed by atoms with Crippen molar-refractivity contribution >= 4 is 35.1 Å². The Morgan fingerprint density at radius 3 is 2.06 bits per heavy atom. The van der Waals surface area contributed by atoms with E-state index in [2.05, 4.69) is 56.4 Å². The lowest BCUT2D eigenvalue weighted by atomic mass is 9.83. The van der Waals surface area contributed by atoms with Gasteiger partial charge in [-0.3, -0.25) is 0 Å². The number of thioether (sulfide) groups is 2. The summed E-state index contributed by atoms with van der Waals surface area (Å²) in [5.41, 5.74) is 1.84. The Balaban J connectivity index is 1.97. The molecular formula is C14H19ClS2. The molecular weight excluding hydrogens is 268 g/mol. The summed E-state index contributed by atoms with van der Waals surface area (Å²) in [7, 11) is 0. The van der Waals surface area contributed by atoms with Gasteiger partial charge in [-0.2, -0.15) is 0 Å². The third-order valence-electron chi connectivity index (χ3n) is 3.26. The number of halogens is 1. The number of benzene rings is 1. The smallest absolute Gasteiger partial charge is 0.0751 e. The molecule has 3 heteroatoms. The van der Waals surface area contributed by atoms with Crippen LogP contribution in [0.4, 0.5) is 0 Å². The van der Waals surface area contributed by atoms with Crippen LogP contribution in [0.25, 0.3) is 0 Å². The van der Waals surface area contributed by atoms with E-state index in [-0.39, 0.29) is 0 Å². The highest BCUT2D eigenvalue weighted by molar-refractivity contribution is 8.16. The summed E-state index contributed by atoms with van der Waals surface area (Å²) >= 11 is 10.1. The van der Waals surface area contributed by atoms with Crippen LogP contribution in [0.5, 0.6) is 0 Å². The minimum absolute atomic E-state index is 0.435. The van der Waals surface area contributed by atoms with E-state index in [0.29, 0.717) is 10.00 Å². The van der Waals surface area contributed by atoms with Crippen LogP contribution in [-0.2, 0) is 0 Å². The summed E-state index contributed by atoms with van der Waals surface area (Å²) in [5.74, 6) is 3.36. The standard InChI is InChI=1S/C14H19ClS2/c1-14(2,3)11-8-16-13(17-9-11)10-4-6-12(15)7-5-10/h4-7,11,13H,8-9H2,1-3H3. The van der Waals surface area contributed by atoms with E-state index in [0.717, 1.165) is 10.9 Å². The molecule has 0 aromatic heterocycles. The third kappa shape index (κ3) is 3.59. The van der Waals surface area contributed by atoms with E-state index in [4.69, 9.17) is 11.6 Å². The van der Waals surface area contributed by atoms with Crippen molar-refractivity contribution in [2.45, 2.75) is 25.4 Å². The van der Waals surface area contributed by atoms with Crippen LogP contribution < -0.4 is 0 Å². The maximum absolute atomic E-state index is 5.92. The molecule has 0 nitrogen and oxygen atoms in total. The Morgan fingerprint density at radius 2 is 1.59 bits per heavy atom. The van der Waals surface area contributed by atoms with Gasteiger partial charge in [0.15, 0.2) is 0 Å². The SMILES string of the molecule is CC(C)(C)C1CSC(c2ccc(Cl)cc2)SC1. The average Bonchev–Trinajstić information content (AvgIpc) is 2.29. The molecule has 1 aliphatic rings. The van der Waals surface area contributed by atoms with E-state index in [1.54, 1.807) is 0 Å². The van der Waals surface area contributed by atoms with Crippen LogP contribution in [0.3, 0.4) is 0 Å². The molecule has 0 aliphatic carbocycles. The first kappa shape index (κ1) is 13.6. The monoisotopic (exact) mass is 286 g/mol. The van der Waals surface area contributed by atoms with Gasteiger partial charge in [-0.1, -0.05) is 44.5 Å². The van der Waals surface area contributed by atoms with Crippen molar-refractivity contribution in [3.63, 3.8) is 0 Å². The topological polar surface area (TPSA) is 0 Å². The molecule has 0 N–H and O–H groups in total. The zero-order valence-electron chi connectivity index (χ0n) is 10.6. The third-order valence-corrected chi connectivity index (χ3v) is 6.67. The van der Waals surface area contributed by atoms with Crippen molar-refractivity contribution < 1.29 is 0 Å².